The van der Waals surface area contributed by atoms with E-state index in [1.165, 1.54) is 4.31 Å². The second-order valence-corrected chi connectivity index (χ2v) is 8.09. The third-order valence-corrected chi connectivity index (χ3v) is 7.06. The monoisotopic (exact) mass is 318 g/mol. The summed E-state index contributed by atoms with van der Waals surface area (Å²) in [5, 5.41) is 9.39. The Morgan fingerprint density at radius 1 is 1.00 bits per heavy atom. The largest absolute Gasteiger partial charge is 0.481 e. The van der Waals surface area contributed by atoms with Crippen LogP contribution in [0.3, 0.4) is 0 Å². The molecule has 0 amide bonds. The normalized spacial score (nSPS) is 25.4. The maximum atomic E-state index is 12.7. The quantitative estimate of drug-likeness (QED) is 0.855. The third-order valence-electron chi connectivity index (χ3n) is 5.03. The first-order valence-electron chi connectivity index (χ1n) is 7.91. The lowest BCUT2D eigenvalue weighted by atomic mass is 9.77. The van der Waals surface area contributed by atoms with Crippen LogP contribution in [0.5, 0.6) is 0 Å². The summed E-state index contributed by atoms with van der Waals surface area (Å²) in [5.74, 6) is -0.795. The Hall–Kier alpha value is -0.660. The zero-order chi connectivity index (χ0) is 15.5. The van der Waals surface area contributed by atoms with E-state index < -0.39 is 21.6 Å². The molecule has 0 aromatic heterocycles. The Morgan fingerprint density at radius 3 is 1.90 bits per heavy atom. The van der Waals surface area contributed by atoms with Crippen LogP contribution in [0.15, 0.2) is 0 Å². The molecule has 0 saturated carbocycles. The van der Waals surface area contributed by atoms with E-state index >= 15 is 0 Å². The van der Waals surface area contributed by atoms with E-state index in [9.17, 15) is 18.3 Å². The standard InChI is InChI=1S/C14H26N2O4S/c1-2-14(13(17)18)7-11-16(12-8-14)21(19,20)15-9-5-3-4-6-10-15/h2-12H2,1H3,(H,17,18). The summed E-state index contributed by atoms with van der Waals surface area (Å²) in [7, 11) is -3.42. The number of aliphatic carboxylic acids is 1. The van der Waals surface area contributed by atoms with E-state index in [1.54, 1.807) is 4.31 Å². The van der Waals surface area contributed by atoms with Crippen LogP contribution in [0.4, 0.5) is 0 Å². The predicted molar refractivity (Wildman–Crippen MR) is 80.1 cm³/mol. The average Bonchev–Trinajstić information content (AvgIpc) is 2.76. The van der Waals surface area contributed by atoms with E-state index in [0.717, 1.165) is 25.7 Å². The van der Waals surface area contributed by atoms with Crippen LogP contribution in [0.1, 0.15) is 51.9 Å². The molecule has 21 heavy (non-hydrogen) atoms. The van der Waals surface area contributed by atoms with Gasteiger partial charge in [-0.25, -0.2) is 0 Å². The topological polar surface area (TPSA) is 77.9 Å². The van der Waals surface area contributed by atoms with Gasteiger partial charge in [-0.2, -0.15) is 17.0 Å². The van der Waals surface area contributed by atoms with Crippen molar-refractivity contribution in [3.05, 3.63) is 0 Å². The lowest BCUT2D eigenvalue weighted by Gasteiger charge is -2.39. The van der Waals surface area contributed by atoms with Gasteiger partial charge in [0.2, 0.25) is 0 Å². The molecule has 2 heterocycles. The van der Waals surface area contributed by atoms with Crippen molar-refractivity contribution >= 4 is 16.2 Å². The maximum absolute atomic E-state index is 12.7. The number of hydrogen-bond acceptors (Lipinski definition) is 3. The second kappa shape index (κ2) is 6.62. The molecule has 0 spiro atoms. The van der Waals surface area contributed by atoms with Gasteiger partial charge in [0.05, 0.1) is 5.41 Å². The van der Waals surface area contributed by atoms with Gasteiger partial charge in [0, 0.05) is 26.2 Å². The van der Waals surface area contributed by atoms with Crippen molar-refractivity contribution in [1.29, 1.82) is 0 Å². The van der Waals surface area contributed by atoms with Gasteiger partial charge >= 0.3 is 5.97 Å². The molecule has 0 bridgehead atoms. The summed E-state index contributed by atoms with van der Waals surface area (Å²) in [6.45, 7) is 3.69. The molecule has 2 rings (SSSR count). The van der Waals surface area contributed by atoms with Gasteiger partial charge in [-0.05, 0) is 32.1 Å². The zero-order valence-electron chi connectivity index (χ0n) is 12.8. The van der Waals surface area contributed by atoms with Crippen molar-refractivity contribution in [3.8, 4) is 0 Å². The van der Waals surface area contributed by atoms with E-state index in [1.807, 2.05) is 6.92 Å². The van der Waals surface area contributed by atoms with Gasteiger partial charge in [0.25, 0.3) is 10.2 Å². The van der Waals surface area contributed by atoms with Crippen LogP contribution in [0.2, 0.25) is 0 Å². The van der Waals surface area contributed by atoms with Gasteiger partial charge in [-0.1, -0.05) is 19.8 Å². The summed E-state index contributed by atoms with van der Waals surface area (Å²) in [4.78, 5) is 11.4. The lowest BCUT2D eigenvalue weighted by Crippen LogP contribution is -2.51. The average molecular weight is 318 g/mol. The minimum atomic E-state index is -3.42. The van der Waals surface area contributed by atoms with Crippen LogP contribution >= 0.6 is 0 Å². The maximum Gasteiger partial charge on any atom is 0.309 e. The van der Waals surface area contributed by atoms with Gasteiger partial charge in [-0.15, -0.1) is 0 Å². The molecular weight excluding hydrogens is 292 g/mol. The number of piperidine rings is 1. The number of carboxylic acids is 1. The summed E-state index contributed by atoms with van der Waals surface area (Å²) in [5.41, 5.74) is -0.745. The first kappa shape index (κ1) is 16.7. The highest BCUT2D eigenvalue weighted by Crippen LogP contribution is 2.36. The molecule has 2 saturated heterocycles. The van der Waals surface area contributed by atoms with Crippen molar-refractivity contribution in [2.75, 3.05) is 26.2 Å². The molecule has 0 unspecified atom stereocenters. The van der Waals surface area contributed by atoms with Crippen LogP contribution in [0.25, 0.3) is 0 Å². The van der Waals surface area contributed by atoms with Crippen LogP contribution in [-0.4, -0.2) is 54.3 Å². The van der Waals surface area contributed by atoms with Crippen molar-refractivity contribution in [1.82, 2.24) is 8.61 Å². The molecule has 2 fully saturated rings. The first-order valence-corrected chi connectivity index (χ1v) is 9.31. The van der Waals surface area contributed by atoms with Gasteiger partial charge < -0.3 is 5.11 Å². The number of nitrogens with zero attached hydrogens (tertiary/aromatic N) is 2. The Labute approximate surface area is 127 Å². The lowest BCUT2D eigenvalue weighted by molar-refractivity contribution is -0.151. The Balaban J connectivity index is 2.05. The van der Waals surface area contributed by atoms with Crippen molar-refractivity contribution in [2.45, 2.75) is 51.9 Å². The molecule has 1 N–H and O–H groups in total. The fraction of sp³-hybridized carbons (Fsp3) is 0.929. The molecule has 2 aliphatic heterocycles. The zero-order valence-corrected chi connectivity index (χ0v) is 13.6. The highest BCUT2D eigenvalue weighted by atomic mass is 32.2. The predicted octanol–water partition coefficient (Wildman–Crippen LogP) is 1.68. The molecule has 0 atom stereocenters. The first-order chi connectivity index (χ1) is 9.92. The summed E-state index contributed by atoms with van der Waals surface area (Å²) >= 11 is 0. The Kier molecular flexibility index (Phi) is 5.27. The summed E-state index contributed by atoms with van der Waals surface area (Å²) in [6, 6.07) is 0. The third kappa shape index (κ3) is 3.40. The molecular formula is C14H26N2O4S. The van der Waals surface area contributed by atoms with Crippen LogP contribution < -0.4 is 0 Å². The second-order valence-electron chi connectivity index (χ2n) is 6.16. The van der Waals surface area contributed by atoms with E-state index in [2.05, 4.69) is 0 Å². The molecule has 0 aromatic rings. The van der Waals surface area contributed by atoms with E-state index in [0.29, 0.717) is 45.4 Å². The van der Waals surface area contributed by atoms with Crippen LogP contribution in [0, 0.1) is 5.41 Å². The molecule has 2 aliphatic rings. The number of rotatable bonds is 4. The highest BCUT2D eigenvalue weighted by molar-refractivity contribution is 7.86. The van der Waals surface area contributed by atoms with Crippen molar-refractivity contribution < 1.29 is 18.3 Å². The SMILES string of the molecule is CCC1(C(=O)O)CCN(S(=O)(=O)N2CCCCCC2)CC1. The molecule has 0 aliphatic carbocycles. The van der Waals surface area contributed by atoms with E-state index in [4.69, 9.17) is 0 Å². The van der Waals surface area contributed by atoms with Crippen molar-refractivity contribution in [2.24, 2.45) is 5.41 Å². The Bertz CT molecular complexity index is 461. The van der Waals surface area contributed by atoms with Crippen molar-refractivity contribution in [3.63, 3.8) is 0 Å². The minimum absolute atomic E-state index is 0.318. The molecule has 0 aromatic carbocycles. The number of carboxylic acid groups (broad SMARTS) is 1. The van der Waals surface area contributed by atoms with E-state index in [-0.39, 0.29) is 0 Å². The fourth-order valence-corrected chi connectivity index (χ4v) is 4.99. The minimum Gasteiger partial charge on any atom is -0.481 e. The Morgan fingerprint density at radius 2 is 1.48 bits per heavy atom. The molecule has 7 heteroatoms. The molecule has 0 radical (unpaired) electrons. The number of carbonyl (C=O) groups is 1. The van der Waals surface area contributed by atoms with Crippen LogP contribution in [-0.2, 0) is 15.0 Å². The summed E-state index contributed by atoms with van der Waals surface area (Å²) in [6.07, 6.45) is 5.38. The van der Waals surface area contributed by atoms with Gasteiger partial charge in [0.15, 0.2) is 0 Å². The number of hydrogen-bond donors (Lipinski definition) is 1. The smallest absolute Gasteiger partial charge is 0.309 e. The molecule has 122 valence electrons. The summed E-state index contributed by atoms with van der Waals surface area (Å²) < 4.78 is 28.4. The van der Waals surface area contributed by atoms with Gasteiger partial charge in [-0.3, -0.25) is 4.79 Å². The molecule has 6 nitrogen and oxygen atoms in total. The highest BCUT2D eigenvalue weighted by Gasteiger charge is 2.43. The van der Waals surface area contributed by atoms with Gasteiger partial charge in [0.1, 0.15) is 0 Å². The fourth-order valence-electron chi connectivity index (χ4n) is 3.30.